The second kappa shape index (κ2) is 11.8. The fourth-order valence-corrected chi connectivity index (χ4v) is 5.58. The molecule has 0 saturated heterocycles. The van der Waals surface area contributed by atoms with Crippen molar-refractivity contribution in [3.8, 4) is 0 Å². The summed E-state index contributed by atoms with van der Waals surface area (Å²) in [5.74, 6) is 0. The number of hydrogen-bond acceptors (Lipinski definition) is 6. The third-order valence-electron chi connectivity index (χ3n) is 4.51. The van der Waals surface area contributed by atoms with Crippen LogP contribution >= 0.6 is 19.2 Å². The Morgan fingerprint density at radius 2 is 1.19 bits per heavy atom. The van der Waals surface area contributed by atoms with Crippen LogP contribution in [0.3, 0.4) is 0 Å². The number of rotatable bonds is 12. The van der Waals surface area contributed by atoms with E-state index in [1.807, 2.05) is 60.7 Å². The van der Waals surface area contributed by atoms with Crippen molar-refractivity contribution in [2.45, 2.75) is 17.7 Å². The van der Waals surface area contributed by atoms with Gasteiger partial charge in [0.25, 0.3) is 10.1 Å². The number of hydrogen-bond donors (Lipinski definition) is 0. The molecule has 0 aromatic heterocycles. The Morgan fingerprint density at radius 3 is 1.66 bits per heavy atom. The topological polar surface area (TPSA) is 78.9 Å². The highest BCUT2D eigenvalue weighted by Crippen LogP contribution is 2.49. The minimum atomic E-state index is -4.16. The summed E-state index contributed by atoms with van der Waals surface area (Å²) < 4.78 is 54.4. The van der Waals surface area contributed by atoms with Gasteiger partial charge in [0, 0.05) is 5.02 Å². The van der Waals surface area contributed by atoms with Gasteiger partial charge in [0.15, 0.2) is 6.35 Å². The van der Waals surface area contributed by atoms with Gasteiger partial charge in [-0.25, -0.2) is 0 Å². The first-order chi connectivity index (χ1) is 15.4. The van der Waals surface area contributed by atoms with Gasteiger partial charge in [-0.05, 0) is 48.2 Å². The molecule has 6 nitrogen and oxygen atoms in total. The second-order valence-corrected chi connectivity index (χ2v) is 11.0. The molecule has 0 bridgehead atoms. The van der Waals surface area contributed by atoms with E-state index in [1.165, 1.54) is 24.3 Å². The third-order valence-corrected chi connectivity index (χ3v) is 7.81. The van der Waals surface area contributed by atoms with E-state index in [0.29, 0.717) is 17.9 Å². The molecule has 3 aromatic carbocycles. The van der Waals surface area contributed by atoms with E-state index in [4.69, 9.17) is 24.8 Å². The summed E-state index contributed by atoms with van der Waals surface area (Å²) in [6.07, 6.45) is 0.273. The molecule has 0 unspecified atom stereocenters. The molecule has 0 aliphatic rings. The molecule has 32 heavy (non-hydrogen) atoms. The lowest BCUT2D eigenvalue weighted by Gasteiger charge is -2.19. The Labute approximate surface area is 193 Å². The van der Waals surface area contributed by atoms with Crippen LogP contribution in [-0.2, 0) is 40.8 Å². The van der Waals surface area contributed by atoms with Gasteiger partial charge in [-0.1, -0.05) is 72.3 Å². The van der Waals surface area contributed by atoms with Gasteiger partial charge < -0.3 is 9.05 Å². The minimum absolute atomic E-state index is 0.0942. The van der Waals surface area contributed by atoms with Crippen LogP contribution < -0.4 is 0 Å². The first-order valence-corrected chi connectivity index (χ1v) is 13.5. The highest BCUT2D eigenvalue weighted by atomic mass is 35.5. The number of benzene rings is 3. The van der Waals surface area contributed by atoms with E-state index in [-0.39, 0.29) is 18.1 Å². The summed E-state index contributed by atoms with van der Waals surface area (Å²) in [6.45, 7) is 0.188. The van der Waals surface area contributed by atoms with Gasteiger partial charge in [0.2, 0.25) is 0 Å². The zero-order valence-electron chi connectivity index (χ0n) is 17.3. The molecule has 3 rings (SSSR count). The predicted octanol–water partition coefficient (Wildman–Crippen LogP) is 5.71. The summed E-state index contributed by atoms with van der Waals surface area (Å²) in [5, 5.41) is 0.392. The molecule has 0 spiro atoms. The predicted molar refractivity (Wildman–Crippen MR) is 124 cm³/mol. The van der Waals surface area contributed by atoms with Gasteiger partial charge >= 0.3 is 7.60 Å². The molecule has 0 aliphatic heterocycles. The highest BCUT2D eigenvalue weighted by Gasteiger charge is 2.29. The molecular weight excluding hydrogens is 471 g/mol. The van der Waals surface area contributed by atoms with E-state index in [9.17, 15) is 13.0 Å². The quantitative estimate of drug-likeness (QED) is 0.237. The van der Waals surface area contributed by atoms with Gasteiger partial charge in [-0.3, -0.25) is 8.75 Å². The van der Waals surface area contributed by atoms with Gasteiger partial charge in [-0.2, -0.15) is 8.42 Å². The summed E-state index contributed by atoms with van der Waals surface area (Å²) in [6, 6.07) is 24.6. The van der Waals surface area contributed by atoms with Crippen LogP contribution in [0.1, 0.15) is 11.1 Å². The van der Waals surface area contributed by atoms with Crippen LogP contribution in [-0.4, -0.2) is 28.0 Å². The van der Waals surface area contributed by atoms with Crippen LogP contribution in [0.25, 0.3) is 0 Å². The molecule has 0 heterocycles. The van der Waals surface area contributed by atoms with E-state index < -0.39 is 24.1 Å². The first-order valence-electron chi connectivity index (χ1n) is 9.97. The summed E-state index contributed by atoms with van der Waals surface area (Å²) in [5.41, 5.74) is 2.00. The third kappa shape index (κ3) is 7.85. The summed E-state index contributed by atoms with van der Waals surface area (Å²) in [4.78, 5) is -0.0954. The van der Waals surface area contributed by atoms with Gasteiger partial charge in [-0.15, -0.1) is 0 Å². The molecule has 0 aliphatic carbocycles. The van der Waals surface area contributed by atoms with Crippen LogP contribution in [0.2, 0.25) is 5.02 Å². The van der Waals surface area contributed by atoms with Crippen molar-refractivity contribution in [2.75, 3.05) is 19.6 Å². The maximum Gasteiger partial charge on any atom is 0.357 e. The van der Waals surface area contributed by atoms with Crippen LogP contribution in [0.4, 0.5) is 0 Å². The molecule has 0 saturated carbocycles. The molecule has 3 aromatic rings. The van der Waals surface area contributed by atoms with Crippen molar-refractivity contribution in [3.05, 3.63) is 101 Å². The Morgan fingerprint density at radius 1 is 0.719 bits per heavy atom. The molecule has 9 heteroatoms. The molecule has 0 N–H and O–H groups in total. The Hall–Kier alpha value is -1.99. The van der Waals surface area contributed by atoms with E-state index in [0.717, 1.165) is 11.1 Å². The largest absolute Gasteiger partial charge is 0.357 e. The maximum absolute atomic E-state index is 13.3. The first kappa shape index (κ1) is 24.6. The van der Waals surface area contributed by atoms with E-state index in [2.05, 4.69) is 0 Å². The fourth-order valence-electron chi connectivity index (χ4n) is 2.81. The van der Waals surface area contributed by atoms with Crippen molar-refractivity contribution in [3.63, 3.8) is 0 Å². The second-order valence-electron chi connectivity index (χ2n) is 6.90. The normalized spacial score (nSPS) is 12.0. The Kier molecular flexibility index (Phi) is 9.05. The molecule has 0 fully saturated rings. The van der Waals surface area contributed by atoms with Gasteiger partial charge in [0.05, 0.1) is 18.1 Å². The van der Waals surface area contributed by atoms with Crippen LogP contribution in [0.5, 0.6) is 0 Å². The lowest BCUT2D eigenvalue weighted by molar-refractivity contribution is 0.187. The number of halogens is 1. The molecule has 0 amide bonds. The molecule has 170 valence electrons. The van der Waals surface area contributed by atoms with E-state index in [1.54, 1.807) is 0 Å². The van der Waals surface area contributed by atoms with Crippen molar-refractivity contribution in [1.29, 1.82) is 0 Å². The SMILES string of the molecule is O=P(COS(=O)(=O)c1ccc(Cl)cc1)(OCCc1ccccc1)OCCc1ccccc1. The smallest absolute Gasteiger partial charge is 0.307 e. The maximum atomic E-state index is 13.3. The molecule has 0 atom stereocenters. The lowest BCUT2D eigenvalue weighted by atomic mass is 10.2. The van der Waals surface area contributed by atoms with Crippen LogP contribution in [0.15, 0.2) is 89.8 Å². The monoisotopic (exact) mass is 494 g/mol. The zero-order chi connectivity index (χ0) is 22.9. The standard InChI is InChI=1S/C23H24ClO6PS/c24-22-11-13-23(14-12-22)32(26,27)30-19-31(25,28-17-15-20-7-3-1-4-8-20)29-18-16-21-9-5-2-6-10-21/h1-14H,15-19H2. The average molecular weight is 495 g/mol. The summed E-state index contributed by atoms with van der Waals surface area (Å²) >= 11 is 5.81. The van der Waals surface area contributed by atoms with Crippen LogP contribution in [0, 0.1) is 0 Å². The van der Waals surface area contributed by atoms with Crippen molar-refractivity contribution in [2.24, 2.45) is 0 Å². The average Bonchev–Trinajstić information content (AvgIpc) is 2.80. The zero-order valence-corrected chi connectivity index (χ0v) is 19.8. The minimum Gasteiger partial charge on any atom is -0.307 e. The van der Waals surface area contributed by atoms with Crippen molar-refractivity contribution >= 4 is 29.3 Å². The Bertz CT molecular complexity index is 1070. The highest BCUT2D eigenvalue weighted by molar-refractivity contribution is 7.87. The van der Waals surface area contributed by atoms with Gasteiger partial charge in [0.1, 0.15) is 0 Å². The fraction of sp³-hybridized carbons (Fsp3) is 0.217. The van der Waals surface area contributed by atoms with E-state index >= 15 is 0 Å². The Balaban J connectivity index is 1.64. The molecule has 0 radical (unpaired) electrons. The van der Waals surface area contributed by atoms with Crippen molar-refractivity contribution < 1.29 is 26.2 Å². The lowest BCUT2D eigenvalue weighted by Crippen LogP contribution is -2.12. The summed E-state index contributed by atoms with van der Waals surface area (Å²) in [7, 11) is -8.00. The van der Waals surface area contributed by atoms with Crippen molar-refractivity contribution in [1.82, 2.24) is 0 Å². The molecular formula is C23H24ClO6PS.